The number of nitrogens with zero attached hydrogens (tertiary/aromatic N) is 2. The maximum absolute atomic E-state index is 12.3. The summed E-state index contributed by atoms with van der Waals surface area (Å²) in [4.78, 5) is 18.4. The molecule has 5 nitrogen and oxygen atoms in total. The lowest BCUT2D eigenvalue weighted by Crippen LogP contribution is -2.24. The third-order valence-electron chi connectivity index (χ3n) is 3.54. The molecule has 0 saturated heterocycles. The Balaban J connectivity index is 2.29. The monoisotopic (exact) mass is 272 g/mol. The van der Waals surface area contributed by atoms with Crippen molar-refractivity contribution in [2.75, 3.05) is 20.9 Å². The van der Waals surface area contributed by atoms with Crippen molar-refractivity contribution in [3.8, 4) is 11.5 Å². The summed E-state index contributed by atoms with van der Waals surface area (Å²) >= 11 is 0. The van der Waals surface area contributed by atoms with Crippen LogP contribution in [0.15, 0.2) is 12.1 Å². The molecule has 1 amide bonds. The molecule has 0 atom stereocenters. The van der Waals surface area contributed by atoms with Crippen LogP contribution in [0.4, 0.5) is 0 Å². The standard InChI is InChI=1S/C15H16N2O3/c1-8-10-5-12-13(20-7-19-12)6-11(10)16-9(2)14(8)15(18)17(3)4/h5-6H,7H2,1-4H3. The molecule has 1 aliphatic heterocycles. The number of hydrogen-bond donors (Lipinski definition) is 0. The Labute approximate surface area is 117 Å². The van der Waals surface area contributed by atoms with Crippen LogP contribution < -0.4 is 9.47 Å². The first kappa shape index (κ1) is 12.7. The Bertz CT molecular complexity index is 723. The molecule has 20 heavy (non-hydrogen) atoms. The van der Waals surface area contributed by atoms with Crippen molar-refractivity contribution in [2.24, 2.45) is 0 Å². The van der Waals surface area contributed by atoms with E-state index in [0.717, 1.165) is 22.2 Å². The van der Waals surface area contributed by atoms with E-state index in [0.29, 0.717) is 17.1 Å². The van der Waals surface area contributed by atoms with E-state index in [2.05, 4.69) is 4.98 Å². The van der Waals surface area contributed by atoms with Crippen molar-refractivity contribution < 1.29 is 14.3 Å². The van der Waals surface area contributed by atoms with Crippen molar-refractivity contribution in [3.05, 3.63) is 29.0 Å². The highest BCUT2D eigenvalue weighted by atomic mass is 16.7. The summed E-state index contributed by atoms with van der Waals surface area (Å²) < 4.78 is 10.8. The van der Waals surface area contributed by atoms with Crippen molar-refractivity contribution in [3.63, 3.8) is 0 Å². The molecule has 0 aliphatic carbocycles. The van der Waals surface area contributed by atoms with Crippen LogP contribution in [0, 0.1) is 13.8 Å². The van der Waals surface area contributed by atoms with Gasteiger partial charge in [-0.1, -0.05) is 0 Å². The molecule has 0 saturated carbocycles. The van der Waals surface area contributed by atoms with Gasteiger partial charge in [-0.3, -0.25) is 9.78 Å². The van der Waals surface area contributed by atoms with Crippen LogP contribution >= 0.6 is 0 Å². The zero-order chi connectivity index (χ0) is 14.4. The van der Waals surface area contributed by atoms with E-state index in [1.54, 1.807) is 19.0 Å². The second kappa shape index (κ2) is 4.37. The molecule has 1 aromatic carbocycles. The number of ether oxygens (including phenoxy) is 2. The van der Waals surface area contributed by atoms with Gasteiger partial charge in [-0.05, 0) is 25.5 Å². The molecule has 0 spiro atoms. The fraction of sp³-hybridized carbons (Fsp3) is 0.333. The number of aromatic nitrogens is 1. The minimum Gasteiger partial charge on any atom is -0.454 e. The fourth-order valence-corrected chi connectivity index (χ4v) is 2.51. The van der Waals surface area contributed by atoms with Crippen molar-refractivity contribution in [1.82, 2.24) is 9.88 Å². The Hall–Kier alpha value is -2.30. The van der Waals surface area contributed by atoms with E-state index in [-0.39, 0.29) is 12.7 Å². The average molecular weight is 272 g/mol. The largest absolute Gasteiger partial charge is 0.454 e. The van der Waals surface area contributed by atoms with Gasteiger partial charge in [0.05, 0.1) is 16.8 Å². The number of carbonyl (C=O) groups excluding carboxylic acids is 1. The number of fused-ring (bicyclic) bond motifs is 2. The van der Waals surface area contributed by atoms with E-state index in [9.17, 15) is 4.79 Å². The number of pyridine rings is 1. The first-order chi connectivity index (χ1) is 9.49. The van der Waals surface area contributed by atoms with Gasteiger partial charge in [-0.25, -0.2) is 0 Å². The minimum atomic E-state index is -0.0351. The molecule has 0 N–H and O–H groups in total. The van der Waals surface area contributed by atoms with Gasteiger partial charge in [0.2, 0.25) is 6.79 Å². The topological polar surface area (TPSA) is 51.7 Å². The summed E-state index contributed by atoms with van der Waals surface area (Å²) in [5.74, 6) is 1.37. The maximum Gasteiger partial charge on any atom is 0.255 e. The Morgan fingerprint density at radius 3 is 2.50 bits per heavy atom. The average Bonchev–Trinajstić information content (AvgIpc) is 2.83. The fourth-order valence-electron chi connectivity index (χ4n) is 2.51. The van der Waals surface area contributed by atoms with Crippen LogP contribution in [-0.2, 0) is 0 Å². The predicted molar refractivity (Wildman–Crippen MR) is 75.4 cm³/mol. The van der Waals surface area contributed by atoms with Gasteiger partial charge in [0.15, 0.2) is 11.5 Å². The van der Waals surface area contributed by atoms with Crippen LogP contribution in [0.3, 0.4) is 0 Å². The first-order valence-corrected chi connectivity index (χ1v) is 6.41. The van der Waals surface area contributed by atoms with Crippen molar-refractivity contribution in [2.45, 2.75) is 13.8 Å². The highest BCUT2D eigenvalue weighted by molar-refractivity contribution is 6.01. The number of aryl methyl sites for hydroxylation is 2. The zero-order valence-corrected chi connectivity index (χ0v) is 12.0. The van der Waals surface area contributed by atoms with Gasteiger partial charge in [0.25, 0.3) is 5.91 Å². The molecule has 2 heterocycles. The molecular weight excluding hydrogens is 256 g/mol. The highest BCUT2D eigenvalue weighted by Crippen LogP contribution is 2.37. The van der Waals surface area contributed by atoms with Crippen LogP contribution in [-0.4, -0.2) is 36.7 Å². The second-order valence-electron chi connectivity index (χ2n) is 5.12. The van der Waals surface area contributed by atoms with E-state index >= 15 is 0 Å². The Morgan fingerprint density at radius 1 is 1.20 bits per heavy atom. The lowest BCUT2D eigenvalue weighted by Gasteiger charge is -2.16. The minimum absolute atomic E-state index is 0.0351. The second-order valence-corrected chi connectivity index (χ2v) is 5.12. The molecule has 0 radical (unpaired) electrons. The predicted octanol–water partition coefficient (Wildman–Crippen LogP) is 2.28. The Morgan fingerprint density at radius 2 is 1.85 bits per heavy atom. The zero-order valence-electron chi connectivity index (χ0n) is 12.0. The molecule has 5 heteroatoms. The quantitative estimate of drug-likeness (QED) is 0.799. The van der Waals surface area contributed by atoms with Crippen molar-refractivity contribution >= 4 is 16.8 Å². The van der Waals surface area contributed by atoms with Crippen molar-refractivity contribution in [1.29, 1.82) is 0 Å². The summed E-state index contributed by atoms with van der Waals surface area (Å²) in [7, 11) is 3.48. The van der Waals surface area contributed by atoms with Gasteiger partial charge in [-0.15, -0.1) is 0 Å². The van der Waals surface area contributed by atoms with Gasteiger partial charge in [0, 0.05) is 25.5 Å². The number of rotatable bonds is 1. The van der Waals surface area contributed by atoms with Gasteiger partial charge in [0.1, 0.15) is 0 Å². The molecule has 3 rings (SSSR count). The van der Waals surface area contributed by atoms with Gasteiger partial charge in [-0.2, -0.15) is 0 Å². The van der Waals surface area contributed by atoms with E-state index in [1.807, 2.05) is 26.0 Å². The number of amides is 1. The SMILES string of the molecule is Cc1nc2cc3c(cc2c(C)c1C(=O)N(C)C)OCO3. The summed E-state index contributed by atoms with van der Waals surface area (Å²) in [5.41, 5.74) is 3.12. The molecule has 0 unspecified atom stereocenters. The van der Waals surface area contributed by atoms with Crippen LogP contribution in [0.2, 0.25) is 0 Å². The molecule has 2 aromatic rings. The summed E-state index contributed by atoms with van der Waals surface area (Å²) in [6.07, 6.45) is 0. The highest BCUT2D eigenvalue weighted by Gasteiger charge is 2.21. The number of hydrogen-bond acceptors (Lipinski definition) is 4. The molecule has 0 fully saturated rings. The van der Waals surface area contributed by atoms with Crippen LogP contribution in [0.1, 0.15) is 21.6 Å². The summed E-state index contributed by atoms with van der Waals surface area (Å²) in [5, 5.41) is 0.921. The van der Waals surface area contributed by atoms with Gasteiger partial charge < -0.3 is 14.4 Å². The smallest absolute Gasteiger partial charge is 0.255 e. The number of benzene rings is 1. The van der Waals surface area contributed by atoms with Gasteiger partial charge >= 0.3 is 0 Å². The normalized spacial score (nSPS) is 12.8. The van der Waals surface area contributed by atoms with E-state index < -0.39 is 0 Å². The molecular formula is C15H16N2O3. The number of carbonyl (C=O) groups is 1. The van der Waals surface area contributed by atoms with E-state index in [4.69, 9.17) is 9.47 Å². The molecule has 104 valence electrons. The van der Waals surface area contributed by atoms with Crippen LogP contribution in [0.25, 0.3) is 10.9 Å². The Kier molecular flexibility index (Phi) is 2.78. The molecule has 0 bridgehead atoms. The third kappa shape index (κ3) is 1.78. The lowest BCUT2D eigenvalue weighted by atomic mass is 10.0. The first-order valence-electron chi connectivity index (χ1n) is 6.41. The summed E-state index contributed by atoms with van der Waals surface area (Å²) in [6.45, 7) is 4.02. The summed E-state index contributed by atoms with van der Waals surface area (Å²) in [6, 6.07) is 3.76. The van der Waals surface area contributed by atoms with Crippen LogP contribution in [0.5, 0.6) is 11.5 Å². The molecule has 1 aromatic heterocycles. The van der Waals surface area contributed by atoms with E-state index in [1.165, 1.54) is 0 Å². The molecule has 1 aliphatic rings. The third-order valence-corrected chi connectivity index (χ3v) is 3.54. The maximum atomic E-state index is 12.3. The lowest BCUT2D eigenvalue weighted by molar-refractivity contribution is 0.0826.